The molecule has 78 valence electrons. The Hall–Kier alpha value is -0.800. The molecular weight excluding hydrogens is 207 g/mol. The van der Waals surface area contributed by atoms with Gasteiger partial charge in [0.15, 0.2) is 0 Å². The Kier molecular flexibility index (Phi) is 3.72. The number of methoxy groups -OCH3 is 1. The topological polar surface area (TPSA) is 29.5 Å². The number of halogens is 2. The molecule has 4 heteroatoms. The van der Waals surface area contributed by atoms with Gasteiger partial charge in [-0.2, -0.15) is 0 Å². The summed E-state index contributed by atoms with van der Waals surface area (Å²) >= 11 is 5.61. The van der Waals surface area contributed by atoms with Crippen LogP contribution in [-0.4, -0.2) is 18.3 Å². The van der Waals surface area contributed by atoms with Crippen LogP contribution < -0.4 is 4.74 Å². The van der Waals surface area contributed by atoms with Crippen LogP contribution in [0.25, 0.3) is 0 Å². The van der Waals surface area contributed by atoms with Crippen molar-refractivity contribution in [2.45, 2.75) is 19.4 Å². The van der Waals surface area contributed by atoms with E-state index in [-0.39, 0.29) is 5.02 Å². The molecule has 1 N–H and O–H groups in total. The lowest BCUT2D eigenvalue weighted by atomic mass is 10.1. The third-order valence-electron chi connectivity index (χ3n) is 1.84. The highest BCUT2D eigenvalue weighted by atomic mass is 35.5. The van der Waals surface area contributed by atoms with Crippen LogP contribution in [0.5, 0.6) is 5.75 Å². The normalized spacial score (nSPS) is 12.6. The van der Waals surface area contributed by atoms with Crippen molar-refractivity contribution >= 4 is 11.6 Å². The van der Waals surface area contributed by atoms with E-state index in [1.807, 2.05) is 0 Å². The van der Waals surface area contributed by atoms with E-state index in [2.05, 4.69) is 0 Å². The molecule has 0 amide bonds. The van der Waals surface area contributed by atoms with Crippen LogP contribution in [0.1, 0.15) is 12.5 Å². The smallest absolute Gasteiger partial charge is 0.145 e. The molecular formula is C10H12ClFO2. The summed E-state index contributed by atoms with van der Waals surface area (Å²) in [4.78, 5) is 0. The molecule has 14 heavy (non-hydrogen) atoms. The first kappa shape index (κ1) is 11.3. The second-order valence-electron chi connectivity index (χ2n) is 3.13. The molecule has 1 rings (SSSR count). The largest absolute Gasteiger partial charge is 0.496 e. The number of ether oxygens (including phenoxy) is 1. The van der Waals surface area contributed by atoms with Gasteiger partial charge in [-0.1, -0.05) is 11.6 Å². The van der Waals surface area contributed by atoms with Gasteiger partial charge in [0.2, 0.25) is 0 Å². The minimum Gasteiger partial charge on any atom is -0.496 e. The summed E-state index contributed by atoms with van der Waals surface area (Å²) in [5.41, 5.74) is 0.703. The second kappa shape index (κ2) is 4.62. The Morgan fingerprint density at radius 1 is 1.57 bits per heavy atom. The lowest BCUT2D eigenvalue weighted by molar-refractivity contribution is 0.194. The zero-order valence-electron chi connectivity index (χ0n) is 8.05. The van der Waals surface area contributed by atoms with Gasteiger partial charge >= 0.3 is 0 Å². The highest BCUT2D eigenvalue weighted by Crippen LogP contribution is 2.26. The van der Waals surface area contributed by atoms with Gasteiger partial charge in [0.05, 0.1) is 18.2 Å². The van der Waals surface area contributed by atoms with E-state index >= 15 is 0 Å². The summed E-state index contributed by atoms with van der Waals surface area (Å²) < 4.78 is 18.0. The number of rotatable bonds is 3. The minimum absolute atomic E-state index is 0.0430. The summed E-state index contributed by atoms with van der Waals surface area (Å²) in [5.74, 6) is -0.106. The number of hydrogen-bond acceptors (Lipinski definition) is 2. The van der Waals surface area contributed by atoms with Gasteiger partial charge in [0.25, 0.3) is 0 Å². The Bertz CT molecular complexity index is 326. The zero-order chi connectivity index (χ0) is 10.7. The molecule has 1 unspecified atom stereocenters. The molecule has 1 aromatic rings. The number of hydrogen-bond donors (Lipinski definition) is 1. The molecule has 0 aromatic heterocycles. The summed E-state index contributed by atoms with van der Waals surface area (Å²) in [6.07, 6.45) is -0.117. The number of aliphatic hydroxyl groups excluding tert-OH is 1. The maximum absolute atomic E-state index is 13.0. The Morgan fingerprint density at radius 3 is 2.71 bits per heavy atom. The predicted octanol–water partition coefficient (Wildman–Crippen LogP) is 2.41. The fourth-order valence-corrected chi connectivity index (χ4v) is 1.42. The van der Waals surface area contributed by atoms with E-state index in [1.165, 1.54) is 19.2 Å². The number of benzene rings is 1. The molecule has 0 heterocycles. The van der Waals surface area contributed by atoms with Crippen molar-refractivity contribution in [1.82, 2.24) is 0 Å². The maximum atomic E-state index is 13.0. The minimum atomic E-state index is -0.516. The van der Waals surface area contributed by atoms with Crippen LogP contribution in [0.3, 0.4) is 0 Å². The van der Waals surface area contributed by atoms with Crippen LogP contribution in [0.4, 0.5) is 4.39 Å². The quantitative estimate of drug-likeness (QED) is 0.844. The molecule has 0 bridgehead atoms. The van der Waals surface area contributed by atoms with Crippen LogP contribution >= 0.6 is 11.6 Å². The fourth-order valence-electron chi connectivity index (χ4n) is 1.24. The van der Waals surface area contributed by atoms with E-state index in [9.17, 15) is 9.50 Å². The Labute approximate surface area is 87.3 Å². The van der Waals surface area contributed by atoms with Gasteiger partial charge in [0.1, 0.15) is 11.6 Å². The first-order chi connectivity index (χ1) is 6.54. The molecule has 0 aliphatic heterocycles. The van der Waals surface area contributed by atoms with Crippen molar-refractivity contribution in [3.63, 3.8) is 0 Å². The molecule has 2 nitrogen and oxygen atoms in total. The van der Waals surface area contributed by atoms with E-state index in [4.69, 9.17) is 16.3 Å². The standard InChI is InChI=1S/C10H12ClFO2/c1-6(13)3-7-4-8(11)9(12)5-10(7)14-2/h4-6,13H,3H2,1-2H3. The predicted molar refractivity (Wildman–Crippen MR) is 53.3 cm³/mol. The van der Waals surface area contributed by atoms with Crippen LogP contribution in [0, 0.1) is 5.82 Å². The van der Waals surface area contributed by atoms with Crippen LogP contribution in [0.2, 0.25) is 5.02 Å². The molecule has 1 atom stereocenters. The van der Waals surface area contributed by atoms with Crippen LogP contribution in [0.15, 0.2) is 12.1 Å². The highest BCUT2D eigenvalue weighted by Gasteiger charge is 2.10. The van der Waals surface area contributed by atoms with Gasteiger partial charge in [-0.3, -0.25) is 0 Å². The highest BCUT2D eigenvalue weighted by molar-refractivity contribution is 6.30. The SMILES string of the molecule is COc1cc(F)c(Cl)cc1CC(C)O. The third kappa shape index (κ3) is 2.59. The van der Waals surface area contributed by atoms with Crippen molar-refractivity contribution in [2.24, 2.45) is 0 Å². The van der Waals surface area contributed by atoms with Gasteiger partial charge in [-0.05, 0) is 18.6 Å². The zero-order valence-corrected chi connectivity index (χ0v) is 8.81. The van der Waals surface area contributed by atoms with Crippen molar-refractivity contribution in [3.8, 4) is 5.75 Å². The number of aliphatic hydroxyl groups is 1. The summed E-state index contributed by atoms with van der Waals surface area (Å²) in [6, 6.07) is 2.70. The first-order valence-electron chi connectivity index (χ1n) is 4.24. The van der Waals surface area contributed by atoms with Gasteiger partial charge in [-0.25, -0.2) is 4.39 Å². The lowest BCUT2D eigenvalue weighted by Crippen LogP contribution is -2.06. The molecule has 0 spiro atoms. The molecule has 0 radical (unpaired) electrons. The fraction of sp³-hybridized carbons (Fsp3) is 0.400. The monoisotopic (exact) mass is 218 g/mol. The van der Waals surface area contributed by atoms with E-state index < -0.39 is 11.9 Å². The van der Waals surface area contributed by atoms with Gasteiger partial charge in [0, 0.05) is 12.5 Å². The molecule has 0 saturated carbocycles. The molecule has 0 aliphatic rings. The van der Waals surface area contributed by atoms with Gasteiger partial charge < -0.3 is 9.84 Å². The van der Waals surface area contributed by atoms with Crippen molar-refractivity contribution in [2.75, 3.05) is 7.11 Å². The Balaban J connectivity index is 3.07. The summed E-state index contributed by atoms with van der Waals surface area (Å²) in [5, 5.41) is 9.24. The molecule has 0 aliphatic carbocycles. The van der Waals surface area contributed by atoms with Gasteiger partial charge in [-0.15, -0.1) is 0 Å². The van der Waals surface area contributed by atoms with E-state index in [0.717, 1.165) is 0 Å². The first-order valence-corrected chi connectivity index (χ1v) is 4.62. The average Bonchev–Trinajstić information content (AvgIpc) is 2.10. The Morgan fingerprint density at radius 2 is 2.21 bits per heavy atom. The van der Waals surface area contributed by atoms with Crippen molar-refractivity contribution < 1.29 is 14.2 Å². The van der Waals surface area contributed by atoms with Crippen LogP contribution in [-0.2, 0) is 6.42 Å². The maximum Gasteiger partial charge on any atom is 0.145 e. The van der Waals surface area contributed by atoms with E-state index in [0.29, 0.717) is 17.7 Å². The molecule has 0 saturated heterocycles. The molecule has 0 fully saturated rings. The third-order valence-corrected chi connectivity index (χ3v) is 2.13. The average molecular weight is 219 g/mol. The second-order valence-corrected chi connectivity index (χ2v) is 3.54. The summed E-state index contributed by atoms with van der Waals surface area (Å²) in [7, 11) is 1.45. The van der Waals surface area contributed by atoms with Crippen molar-refractivity contribution in [1.29, 1.82) is 0 Å². The lowest BCUT2D eigenvalue weighted by Gasteiger charge is -2.10. The molecule has 1 aromatic carbocycles. The summed E-state index contributed by atoms with van der Waals surface area (Å²) in [6.45, 7) is 1.65. The van der Waals surface area contributed by atoms with Crippen molar-refractivity contribution in [3.05, 3.63) is 28.5 Å². The van der Waals surface area contributed by atoms with E-state index in [1.54, 1.807) is 6.92 Å².